The summed E-state index contributed by atoms with van der Waals surface area (Å²) < 4.78 is 5.01. The first-order valence-corrected chi connectivity index (χ1v) is 6.10. The third-order valence-electron chi connectivity index (χ3n) is 3.38. The van der Waals surface area contributed by atoms with Gasteiger partial charge in [-0.3, -0.25) is 4.79 Å². The Balaban J connectivity index is 2.15. The van der Waals surface area contributed by atoms with E-state index < -0.39 is 12.1 Å². The van der Waals surface area contributed by atoms with Crippen LogP contribution in [-0.2, 0) is 14.3 Å². The molecule has 1 amide bonds. The zero-order valence-corrected chi connectivity index (χ0v) is 10.0. The van der Waals surface area contributed by atoms with E-state index in [2.05, 4.69) is 5.32 Å². The molecule has 0 saturated carbocycles. The van der Waals surface area contributed by atoms with Gasteiger partial charge in [0.05, 0.1) is 12.6 Å². The molecule has 3 N–H and O–H groups in total. The summed E-state index contributed by atoms with van der Waals surface area (Å²) in [5, 5.41) is 3.15. The minimum Gasteiger partial charge on any atom is -0.464 e. The quantitative estimate of drug-likeness (QED) is 0.596. The number of esters is 1. The zero-order chi connectivity index (χ0) is 12.4. The number of ether oxygens (including phenoxy) is 1. The summed E-state index contributed by atoms with van der Waals surface area (Å²) in [6.07, 6.45) is 1.50. The van der Waals surface area contributed by atoms with Gasteiger partial charge in [-0.15, -0.1) is 0 Å². The maximum absolute atomic E-state index is 12.1. The first-order valence-electron chi connectivity index (χ1n) is 6.10. The van der Waals surface area contributed by atoms with Crippen LogP contribution in [-0.4, -0.2) is 54.6 Å². The van der Waals surface area contributed by atoms with Crippen molar-refractivity contribution in [3.05, 3.63) is 0 Å². The molecule has 0 radical (unpaired) electrons. The Bertz CT molecular complexity index is 321. The molecule has 0 aromatic heterocycles. The first kappa shape index (κ1) is 12.3. The summed E-state index contributed by atoms with van der Waals surface area (Å²) in [6, 6.07) is -0.932. The Kier molecular flexibility index (Phi) is 3.63. The van der Waals surface area contributed by atoms with Crippen LogP contribution < -0.4 is 11.1 Å². The smallest absolute Gasteiger partial charge is 0.328 e. The number of nitrogens with zero attached hydrogens (tertiary/aromatic N) is 1. The number of nitrogens with one attached hydrogen (secondary N) is 1. The van der Waals surface area contributed by atoms with Crippen molar-refractivity contribution in [2.75, 3.05) is 19.7 Å². The van der Waals surface area contributed by atoms with E-state index in [1.54, 1.807) is 11.8 Å². The molecule has 17 heavy (non-hydrogen) atoms. The average Bonchev–Trinajstić information content (AvgIpc) is 2.66. The van der Waals surface area contributed by atoms with Crippen molar-refractivity contribution < 1.29 is 14.3 Å². The summed E-state index contributed by atoms with van der Waals surface area (Å²) in [5.74, 6) is -0.451. The molecule has 2 saturated heterocycles. The van der Waals surface area contributed by atoms with Gasteiger partial charge in [-0.1, -0.05) is 0 Å². The lowest BCUT2D eigenvalue weighted by Gasteiger charge is -2.28. The molecular formula is C11H19N3O3. The van der Waals surface area contributed by atoms with Crippen LogP contribution in [0.25, 0.3) is 0 Å². The lowest BCUT2D eigenvalue weighted by molar-refractivity contribution is -0.154. The molecule has 2 aliphatic heterocycles. The molecule has 0 aromatic carbocycles. The van der Waals surface area contributed by atoms with Crippen molar-refractivity contribution in [1.29, 1.82) is 0 Å². The van der Waals surface area contributed by atoms with E-state index in [9.17, 15) is 9.59 Å². The van der Waals surface area contributed by atoms with Crippen LogP contribution in [0.2, 0.25) is 0 Å². The molecule has 2 fully saturated rings. The zero-order valence-electron chi connectivity index (χ0n) is 10.0. The van der Waals surface area contributed by atoms with Gasteiger partial charge in [-0.2, -0.15) is 0 Å². The number of rotatable bonds is 2. The number of carbonyl (C=O) groups is 2. The van der Waals surface area contributed by atoms with Crippen molar-refractivity contribution >= 4 is 11.9 Å². The minimum atomic E-state index is -0.560. The van der Waals surface area contributed by atoms with Gasteiger partial charge in [0.25, 0.3) is 0 Å². The van der Waals surface area contributed by atoms with Crippen LogP contribution >= 0.6 is 0 Å². The number of carbonyl (C=O) groups excluding carboxylic acids is 2. The lowest BCUT2D eigenvalue weighted by Crippen LogP contribution is -2.51. The minimum absolute atomic E-state index is 0.0745. The van der Waals surface area contributed by atoms with Crippen LogP contribution in [0.4, 0.5) is 0 Å². The van der Waals surface area contributed by atoms with Gasteiger partial charge < -0.3 is 20.7 Å². The summed E-state index contributed by atoms with van der Waals surface area (Å²) in [6.45, 7) is 3.28. The van der Waals surface area contributed by atoms with E-state index in [1.807, 2.05) is 0 Å². The van der Waals surface area contributed by atoms with E-state index in [1.165, 1.54) is 0 Å². The van der Waals surface area contributed by atoms with E-state index in [4.69, 9.17) is 10.5 Å². The normalized spacial score (nSPS) is 33.2. The molecule has 3 atom stereocenters. The Morgan fingerprint density at radius 1 is 1.53 bits per heavy atom. The molecule has 0 bridgehead atoms. The molecule has 2 aliphatic rings. The van der Waals surface area contributed by atoms with Gasteiger partial charge in [0, 0.05) is 19.1 Å². The predicted molar refractivity (Wildman–Crippen MR) is 61.1 cm³/mol. The Morgan fingerprint density at radius 2 is 2.29 bits per heavy atom. The van der Waals surface area contributed by atoms with Crippen molar-refractivity contribution in [3.8, 4) is 0 Å². The molecule has 3 unspecified atom stereocenters. The van der Waals surface area contributed by atoms with Gasteiger partial charge in [-0.25, -0.2) is 4.79 Å². The highest BCUT2D eigenvalue weighted by Crippen LogP contribution is 2.26. The predicted octanol–water partition coefficient (Wildman–Crippen LogP) is -1.16. The highest BCUT2D eigenvalue weighted by Gasteiger charge is 2.44. The monoisotopic (exact) mass is 241 g/mol. The molecule has 6 nitrogen and oxygen atoms in total. The van der Waals surface area contributed by atoms with Gasteiger partial charge in [-0.05, 0) is 19.8 Å². The maximum Gasteiger partial charge on any atom is 0.328 e. The van der Waals surface area contributed by atoms with Crippen LogP contribution in [0, 0.1) is 0 Å². The van der Waals surface area contributed by atoms with E-state index in [0.717, 1.165) is 6.42 Å². The van der Waals surface area contributed by atoms with Gasteiger partial charge >= 0.3 is 5.97 Å². The number of amides is 1. The third kappa shape index (κ3) is 2.28. The Morgan fingerprint density at radius 3 is 3.00 bits per heavy atom. The second-order valence-electron chi connectivity index (χ2n) is 4.51. The van der Waals surface area contributed by atoms with Crippen LogP contribution in [0.3, 0.4) is 0 Å². The number of nitrogens with two attached hydrogens (primary N) is 1. The van der Waals surface area contributed by atoms with Crippen molar-refractivity contribution in [1.82, 2.24) is 10.2 Å². The van der Waals surface area contributed by atoms with Crippen molar-refractivity contribution in [3.63, 3.8) is 0 Å². The number of hydrogen-bond donors (Lipinski definition) is 2. The SMILES string of the molecule is CCOC(=O)C1CCC2CNCC(N)C(=O)N21. The number of fused-ring (bicyclic) bond motifs is 1. The summed E-state index contributed by atoms with van der Waals surface area (Å²) in [7, 11) is 0. The standard InChI is InChI=1S/C11H19N3O3/c1-2-17-11(16)9-4-3-7-5-13-6-8(12)10(15)14(7)9/h7-9,13H,2-6,12H2,1H3. The second-order valence-corrected chi connectivity index (χ2v) is 4.51. The number of hydrogen-bond acceptors (Lipinski definition) is 5. The molecule has 6 heteroatoms. The fourth-order valence-corrected chi connectivity index (χ4v) is 2.57. The summed E-state index contributed by atoms with van der Waals surface area (Å²) in [5.41, 5.74) is 5.76. The molecular weight excluding hydrogens is 222 g/mol. The second kappa shape index (κ2) is 5.01. The first-order chi connectivity index (χ1) is 8.15. The molecule has 96 valence electrons. The summed E-state index contributed by atoms with van der Waals surface area (Å²) in [4.78, 5) is 25.5. The molecule has 2 heterocycles. The Hall–Kier alpha value is -1.14. The van der Waals surface area contributed by atoms with Crippen LogP contribution in [0.5, 0.6) is 0 Å². The van der Waals surface area contributed by atoms with Crippen LogP contribution in [0.15, 0.2) is 0 Å². The van der Waals surface area contributed by atoms with Gasteiger partial charge in [0.1, 0.15) is 6.04 Å². The molecule has 0 spiro atoms. The van der Waals surface area contributed by atoms with Crippen LogP contribution in [0.1, 0.15) is 19.8 Å². The molecule has 2 rings (SSSR count). The van der Waals surface area contributed by atoms with Crippen molar-refractivity contribution in [2.45, 2.75) is 37.9 Å². The molecule has 0 aromatic rings. The fraction of sp³-hybridized carbons (Fsp3) is 0.818. The average molecular weight is 241 g/mol. The van der Waals surface area contributed by atoms with Gasteiger partial charge in [0.15, 0.2) is 0 Å². The fourth-order valence-electron chi connectivity index (χ4n) is 2.57. The Labute approximate surface area is 100 Å². The third-order valence-corrected chi connectivity index (χ3v) is 3.38. The van der Waals surface area contributed by atoms with Crippen molar-refractivity contribution in [2.24, 2.45) is 5.73 Å². The summed E-state index contributed by atoms with van der Waals surface area (Å²) >= 11 is 0. The van der Waals surface area contributed by atoms with E-state index in [0.29, 0.717) is 26.1 Å². The highest BCUT2D eigenvalue weighted by atomic mass is 16.5. The topological polar surface area (TPSA) is 84.7 Å². The van der Waals surface area contributed by atoms with E-state index in [-0.39, 0.29) is 17.9 Å². The highest BCUT2D eigenvalue weighted by molar-refractivity contribution is 5.88. The maximum atomic E-state index is 12.1. The largest absolute Gasteiger partial charge is 0.464 e. The molecule has 0 aliphatic carbocycles. The van der Waals surface area contributed by atoms with Gasteiger partial charge in [0.2, 0.25) is 5.91 Å². The lowest BCUT2D eigenvalue weighted by atomic mass is 10.2. The van der Waals surface area contributed by atoms with E-state index >= 15 is 0 Å².